The van der Waals surface area contributed by atoms with E-state index in [9.17, 15) is 15.0 Å². The van der Waals surface area contributed by atoms with Crippen molar-refractivity contribution in [2.24, 2.45) is 0 Å². The van der Waals surface area contributed by atoms with Crippen molar-refractivity contribution >= 4 is 23.0 Å². The average Bonchev–Trinajstić information content (AvgIpc) is 2.81. The number of anilines is 1. The van der Waals surface area contributed by atoms with Crippen LogP contribution in [0.2, 0.25) is 0 Å². The number of rotatable bonds is 4. The first kappa shape index (κ1) is 12.2. The lowest BCUT2D eigenvalue weighted by atomic mass is 10.2. The summed E-state index contributed by atoms with van der Waals surface area (Å²) in [6.07, 6.45) is -0.628. The number of carboxylic acid groups (broad SMARTS) is 1. The molecule has 0 saturated heterocycles. The molecule has 2 atom stereocenters. The number of aromatic amines is 1. The van der Waals surface area contributed by atoms with Crippen molar-refractivity contribution in [3.05, 3.63) is 12.7 Å². The lowest BCUT2D eigenvalue weighted by molar-refractivity contribution is -0.683. The Labute approximate surface area is 101 Å². The van der Waals surface area contributed by atoms with Crippen LogP contribution in [0.25, 0.3) is 11.2 Å². The van der Waals surface area contributed by atoms with Crippen LogP contribution in [-0.2, 0) is 11.3 Å². The fraction of sp³-hybridized carbons (Fsp3) is 0.333. The smallest absolute Gasteiger partial charge is 0.335 e. The first-order valence-corrected chi connectivity index (χ1v) is 5.06. The normalized spacial score (nSPS) is 14.6. The second-order valence-corrected chi connectivity index (χ2v) is 3.73. The maximum atomic E-state index is 10.5. The minimum Gasteiger partial charge on any atom is -0.479 e. The number of carboxylic acids is 1. The predicted molar refractivity (Wildman–Crippen MR) is 58.1 cm³/mol. The molecule has 0 aliphatic heterocycles. The Kier molecular flexibility index (Phi) is 3.08. The Morgan fingerprint density at radius 1 is 1.50 bits per heavy atom. The summed E-state index contributed by atoms with van der Waals surface area (Å²) in [4.78, 5) is 21.1. The number of nitrogens with zero attached hydrogens (tertiary/aromatic N) is 3. The molecule has 9 nitrogen and oxygen atoms in total. The van der Waals surface area contributed by atoms with Crippen LogP contribution in [0.3, 0.4) is 0 Å². The third-order valence-corrected chi connectivity index (χ3v) is 2.48. The molecule has 0 radical (unpaired) electrons. The molecule has 6 N–H and O–H groups in total. The van der Waals surface area contributed by atoms with Crippen molar-refractivity contribution < 1.29 is 24.7 Å². The van der Waals surface area contributed by atoms with Crippen LogP contribution in [0.15, 0.2) is 12.7 Å². The molecule has 2 rings (SSSR count). The minimum atomic E-state index is -1.87. The van der Waals surface area contributed by atoms with Gasteiger partial charge in [-0.1, -0.05) is 9.97 Å². The van der Waals surface area contributed by atoms with Crippen LogP contribution < -0.4 is 10.3 Å². The van der Waals surface area contributed by atoms with E-state index in [-0.39, 0.29) is 12.4 Å². The monoisotopic (exact) mass is 254 g/mol. The van der Waals surface area contributed by atoms with Gasteiger partial charge in [-0.15, -0.1) is 0 Å². The quantitative estimate of drug-likeness (QED) is 0.383. The SMILES string of the molecule is Nc1nc[n+](C[C@@H](O)[C@@H](O)C(=O)O)c2nc[nH]c12. The van der Waals surface area contributed by atoms with Gasteiger partial charge in [-0.2, -0.15) is 0 Å². The highest BCUT2D eigenvalue weighted by Gasteiger charge is 2.26. The van der Waals surface area contributed by atoms with Crippen LogP contribution in [0.1, 0.15) is 0 Å². The van der Waals surface area contributed by atoms with Gasteiger partial charge in [0.05, 0.1) is 0 Å². The number of nitrogens with two attached hydrogens (primary N) is 1. The number of aliphatic hydroxyl groups excluding tert-OH is 2. The van der Waals surface area contributed by atoms with Crippen molar-refractivity contribution in [1.82, 2.24) is 15.0 Å². The molecular formula is C9H12N5O4+. The topological polar surface area (TPSA) is 149 Å². The van der Waals surface area contributed by atoms with Gasteiger partial charge in [0, 0.05) is 0 Å². The molecule has 0 fully saturated rings. The molecule has 0 aliphatic carbocycles. The number of imidazole rings is 1. The van der Waals surface area contributed by atoms with Crippen LogP contribution >= 0.6 is 0 Å². The molecule has 0 bridgehead atoms. The van der Waals surface area contributed by atoms with Gasteiger partial charge in [0.25, 0.3) is 5.65 Å². The van der Waals surface area contributed by atoms with E-state index in [1.165, 1.54) is 17.2 Å². The number of aromatic nitrogens is 4. The molecule has 0 unspecified atom stereocenters. The number of hydrogen-bond donors (Lipinski definition) is 5. The van der Waals surface area contributed by atoms with Crippen molar-refractivity contribution in [2.75, 3.05) is 5.73 Å². The van der Waals surface area contributed by atoms with E-state index < -0.39 is 18.2 Å². The number of aliphatic carboxylic acids is 1. The fourth-order valence-corrected chi connectivity index (χ4v) is 1.54. The number of aliphatic hydroxyl groups is 2. The molecule has 0 aromatic carbocycles. The van der Waals surface area contributed by atoms with Crippen molar-refractivity contribution in [3.63, 3.8) is 0 Å². The number of fused-ring (bicyclic) bond motifs is 1. The molecule has 0 amide bonds. The van der Waals surface area contributed by atoms with E-state index in [0.717, 1.165) is 0 Å². The van der Waals surface area contributed by atoms with Crippen molar-refractivity contribution in [3.8, 4) is 0 Å². The molecular weight excluding hydrogens is 242 g/mol. The molecule has 9 heteroatoms. The van der Waals surface area contributed by atoms with Crippen LogP contribution in [-0.4, -0.2) is 48.4 Å². The highest BCUT2D eigenvalue weighted by molar-refractivity contribution is 5.78. The molecule has 0 saturated carbocycles. The first-order valence-electron chi connectivity index (χ1n) is 5.06. The van der Waals surface area contributed by atoms with Crippen LogP contribution in [0, 0.1) is 0 Å². The van der Waals surface area contributed by atoms with Gasteiger partial charge < -0.3 is 26.0 Å². The summed E-state index contributed by atoms with van der Waals surface area (Å²) >= 11 is 0. The van der Waals surface area contributed by atoms with Gasteiger partial charge in [0.2, 0.25) is 12.1 Å². The Hall–Kier alpha value is -2.26. The Morgan fingerprint density at radius 2 is 2.22 bits per heavy atom. The van der Waals surface area contributed by atoms with Crippen LogP contribution in [0.4, 0.5) is 5.82 Å². The van der Waals surface area contributed by atoms with Crippen molar-refractivity contribution in [2.45, 2.75) is 18.8 Å². The lowest BCUT2D eigenvalue weighted by Crippen LogP contribution is -2.47. The number of carbonyl (C=O) groups is 1. The van der Waals surface area contributed by atoms with E-state index in [0.29, 0.717) is 11.2 Å². The van der Waals surface area contributed by atoms with Gasteiger partial charge in [0.1, 0.15) is 12.6 Å². The molecule has 0 spiro atoms. The van der Waals surface area contributed by atoms with Crippen molar-refractivity contribution in [1.29, 1.82) is 0 Å². The molecule has 0 aliphatic rings. The second kappa shape index (κ2) is 4.55. The highest BCUT2D eigenvalue weighted by atomic mass is 16.4. The summed E-state index contributed by atoms with van der Waals surface area (Å²) in [6, 6.07) is 0. The molecule has 18 heavy (non-hydrogen) atoms. The summed E-state index contributed by atoms with van der Waals surface area (Å²) in [5.74, 6) is -1.25. The predicted octanol–water partition coefficient (Wildman–Crippen LogP) is -2.37. The van der Waals surface area contributed by atoms with Gasteiger partial charge in [0.15, 0.2) is 17.9 Å². The van der Waals surface area contributed by atoms with Gasteiger partial charge >= 0.3 is 5.97 Å². The van der Waals surface area contributed by atoms with Gasteiger partial charge in [-0.25, -0.2) is 9.36 Å². The lowest BCUT2D eigenvalue weighted by Gasteiger charge is -2.12. The Bertz CT molecular complexity index is 583. The van der Waals surface area contributed by atoms with E-state index in [4.69, 9.17) is 10.8 Å². The maximum Gasteiger partial charge on any atom is 0.335 e. The Balaban J connectivity index is 2.30. The third-order valence-electron chi connectivity index (χ3n) is 2.48. The largest absolute Gasteiger partial charge is 0.479 e. The van der Waals surface area contributed by atoms with E-state index in [1.54, 1.807) is 0 Å². The zero-order chi connectivity index (χ0) is 13.3. The van der Waals surface area contributed by atoms with Crippen LogP contribution in [0.5, 0.6) is 0 Å². The minimum absolute atomic E-state index is 0.165. The zero-order valence-corrected chi connectivity index (χ0v) is 9.19. The number of hydrogen-bond acceptors (Lipinski definition) is 6. The summed E-state index contributed by atoms with van der Waals surface area (Å²) in [5, 5.41) is 27.3. The molecule has 96 valence electrons. The maximum absolute atomic E-state index is 10.5. The van der Waals surface area contributed by atoms with E-state index in [1.807, 2.05) is 0 Å². The number of nitrogen functional groups attached to an aromatic ring is 1. The highest BCUT2D eigenvalue weighted by Crippen LogP contribution is 2.09. The summed E-state index contributed by atoms with van der Waals surface area (Å²) in [7, 11) is 0. The van der Waals surface area contributed by atoms with E-state index >= 15 is 0 Å². The molecule has 2 aromatic heterocycles. The zero-order valence-electron chi connectivity index (χ0n) is 9.19. The third kappa shape index (κ3) is 2.08. The van der Waals surface area contributed by atoms with Gasteiger partial charge in [-0.05, 0) is 0 Å². The summed E-state index contributed by atoms with van der Waals surface area (Å²) < 4.78 is 1.40. The standard InChI is InChI=1S/C9H11N5O4/c10-7-5-8(12-2-11-5)14(3-13-7)1-4(15)6(16)9(17)18/h2-4,6,15-16H,1H2,(H3,10,11,12,17,18)/p+1/t4-,6-/m1/s1. The fourth-order valence-electron chi connectivity index (χ4n) is 1.54. The first-order chi connectivity index (χ1) is 8.50. The second-order valence-electron chi connectivity index (χ2n) is 3.73. The number of H-pyrrole nitrogens is 1. The van der Waals surface area contributed by atoms with E-state index in [2.05, 4.69) is 15.0 Å². The summed E-state index contributed by atoms with van der Waals surface area (Å²) in [6.45, 7) is -0.165. The Morgan fingerprint density at radius 3 is 2.89 bits per heavy atom. The average molecular weight is 254 g/mol. The van der Waals surface area contributed by atoms with Gasteiger partial charge in [-0.3, -0.25) is 0 Å². The summed E-state index contributed by atoms with van der Waals surface area (Å²) in [5.41, 5.74) is 6.50. The molecule has 2 aromatic rings. The molecule has 2 heterocycles. The number of nitrogens with one attached hydrogen (secondary N) is 1.